The third kappa shape index (κ3) is 5.43. The van der Waals surface area contributed by atoms with Crippen molar-refractivity contribution in [3.8, 4) is 11.5 Å². The smallest absolute Gasteiger partial charge is 0.256 e. The summed E-state index contributed by atoms with van der Waals surface area (Å²) < 4.78 is 12.9. The van der Waals surface area contributed by atoms with E-state index in [2.05, 4.69) is 10.4 Å². The third-order valence-electron chi connectivity index (χ3n) is 5.14. The number of aromatic nitrogens is 2. The summed E-state index contributed by atoms with van der Waals surface area (Å²) in [6.45, 7) is 10.2. The molecule has 0 radical (unpaired) electrons. The Bertz CT molecular complexity index is 1090. The molecular weight excluding hydrogens is 426 g/mol. The number of amides is 1. The van der Waals surface area contributed by atoms with Crippen molar-refractivity contribution >= 4 is 17.5 Å². The Morgan fingerprint density at radius 3 is 2.41 bits per heavy atom. The molecule has 1 atom stereocenters. The number of nitrogens with one attached hydrogen (secondary N) is 1. The topological polar surface area (TPSA) is 65.4 Å². The first-order valence-electron chi connectivity index (χ1n) is 10.6. The Morgan fingerprint density at radius 2 is 1.78 bits per heavy atom. The van der Waals surface area contributed by atoms with Gasteiger partial charge in [0.1, 0.15) is 5.15 Å². The second-order valence-electron chi connectivity index (χ2n) is 8.17. The third-order valence-corrected chi connectivity index (χ3v) is 5.53. The highest BCUT2D eigenvalue weighted by Gasteiger charge is 2.22. The molecule has 32 heavy (non-hydrogen) atoms. The van der Waals surface area contributed by atoms with Crippen LogP contribution in [0, 0.1) is 13.8 Å². The average molecular weight is 456 g/mol. The maximum Gasteiger partial charge on any atom is 0.256 e. The Morgan fingerprint density at radius 1 is 1.09 bits per heavy atom. The molecule has 1 aromatic heterocycles. The number of halogens is 1. The number of hydrogen-bond acceptors (Lipinski definition) is 4. The number of carbonyl (C=O) groups is 1. The highest BCUT2D eigenvalue weighted by molar-refractivity contribution is 6.33. The fraction of sp³-hybridized carbons (Fsp3) is 0.360. The largest absolute Gasteiger partial charge is 0.493 e. The van der Waals surface area contributed by atoms with Crippen LogP contribution in [0.4, 0.5) is 0 Å². The van der Waals surface area contributed by atoms with Crippen molar-refractivity contribution in [2.75, 3.05) is 7.11 Å². The second-order valence-corrected chi connectivity index (χ2v) is 8.52. The van der Waals surface area contributed by atoms with E-state index in [9.17, 15) is 4.79 Å². The standard InChI is InChI=1S/C25H30ClN3O3/c1-15(2)32-21-12-11-20(13-22(21)31-6)17(4)27-25(30)23-18(5)28-29(24(23)26)14-19-9-7-16(3)8-10-19/h7-13,15,17H,14H2,1-6H3,(H,27,30). The summed E-state index contributed by atoms with van der Waals surface area (Å²) >= 11 is 6.56. The summed E-state index contributed by atoms with van der Waals surface area (Å²) in [5.41, 5.74) is 4.12. The van der Waals surface area contributed by atoms with Crippen molar-refractivity contribution < 1.29 is 14.3 Å². The number of nitrogens with zero attached hydrogens (tertiary/aromatic N) is 2. The van der Waals surface area contributed by atoms with Crippen LogP contribution in [0.3, 0.4) is 0 Å². The van der Waals surface area contributed by atoms with Gasteiger partial charge in [-0.15, -0.1) is 0 Å². The zero-order valence-electron chi connectivity index (χ0n) is 19.4. The Hall–Kier alpha value is -2.99. The van der Waals surface area contributed by atoms with Gasteiger partial charge in [0.25, 0.3) is 5.91 Å². The molecule has 0 saturated carbocycles. The normalized spacial score (nSPS) is 12.0. The monoisotopic (exact) mass is 455 g/mol. The van der Waals surface area contributed by atoms with E-state index in [1.807, 2.05) is 70.2 Å². The van der Waals surface area contributed by atoms with Crippen LogP contribution < -0.4 is 14.8 Å². The number of methoxy groups -OCH3 is 1. The molecule has 1 amide bonds. The molecule has 0 saturated heterocycles. The molecule has 0 aliphatic carbocycles. The number of benzene rings is 2. The molecule has 170 valence electrons. The summed E-state index contributed by atoms with van der Waals surface area (Å²) in [7, 11) is 1.60. The van der Waals surface area contributed by atoms with Gasteiger partial charge < -0.3 is 14.8 Å². The van der Waals surface area contributed by atoms with Crippen LogP contribution in [0.25, 0.3) is 0 Å². The minimum Gasteiger partial charge on any atom is -0.493 e. The molecular formula is C25H30ClN3O3. The minimum atomic E-state index is -0.267. The number of carbonyl (C=O) groups excluding carboxylic acids is 1. The van der Waals surface area contributed by atoms with Crippen molar-refractivity contribution in [3.05, 3.63) is 75.6 Å². The van der Waals surface area contributed by atoms with Gasteiger partial charge in [-0.05, 0) is 57.9 Å². The second kappa shape index (κ2) is 10.1. The van der Waals surface area contributed by atoms with E-state index < -0.39 is 0 Å². The van der Waals surface area contributed by atoms with Crippen molar-refractivity contribution in [1.82, 2.24) is 15.1 Å². The van der Waals surface area contributed by atoms with E-state index in [-0.39, 0.29) is 18.1 Å². The fourth-order valence-electron chi connectivity index (χ4n) is 3.44. The summed E-state index contributed by atoms with van der Waals surface area (Å²) in [6.07, 6.45) is 0.0356. The van der Waals surface area contributed by atoms with Crippen LogP contribution in [0.1, 0.15) is 59.6 Å². The molecule has 0 bridgehead atoms. The maximum atomic E-state index is 13.0. The lowest BCUT2D eigenvalue weighted by Gasteiger charge is -2.18. The minimum absolute atomic E-state index is 0.0356. The molecule has 2 aromatic carbocycles. The average Bonchev–Trinajstić information content (AvgIpc) is 3.02. The predicted molar refractivity (Wildman–Crippen MR) is 127 cm³/mol. The van der Waals surface area contributed by atoms with Gasteiger partial charge in [0.05, 0.1) is 37.1 Å². The van der Waals surface area contributed by atoms with E-state index in [1.165, 1.54) is 5.56 Å². The lowest BCUT2D eigenvalue weighted by atomic mass is 10.1. The molecule has 0 aliphatic rings. The first-order valence-corrected chi connectivity index (χ1v) is 11.0. The first-order chi connectivity index (χ1) is 15.2. The maximum absolute atomic E-state index is 13.0. The van der Waals surface area contributed by atoms with Gasteiger partial charge in [-0.25, -0.2) is 4.68 Å². The Kier molecular flexibility index (Phi) is 7.46. The summed E-state index contributed by atoms with van der Waals surface area (Å²) in [6, 6.07) is 13.5. The molecule has 0 aliphatic heterocycles. The lowest BCUT2D eigenvalue weighted by Crippen LogP contribution is -2.27. The number of aryl methyl sites for hydroxylation is 2. The molecule has 0 spiro atoms. The Balaban J connectivity index is 1.76. The molecule has 3 rings (SSSR count). The zero-order chi connectivity index (χ0) is 23.4. The van der Waals surface area contributed by atoms with Crippen LogP contribution in [0.5, 0.6) is 11.5 Å². The summed E-state index contributed by atoms with van der Waals surface area (Å²) in [5.74, 6) is 1.02. The van der Waals surface area contributed by atoms with Gasteiger partial charge in [0, 0.05) is 0 Å². The van der Waals surface area contributed by atoms with E-state index in [1.54, 1.807) is 18.7 Å². The van der Waals surface area contributed by atoms with Crippen LogP contribution in [0.15, 0.2) is 42.5 Å². The molecule has 0 fully saturated rings. The molecule has 6 nitrogen and oxygen atoms in total. The molecule has 7 heteroatoms. The van der Waals surface area contributed by atoms with Crippen molar-refractivity contribution in [1.29, 1.82) is 0 Å². The van der Waals surface area contributed by atoms with E-state index >= 15 is 0 Å². The van der Waals surface area contributed by atoms with Gasteiger partial charge >= 0.3 is 0 Å². The molecule has 1 heterocycles. The predicted octanol–water partition coefficient (Wildman–Crippen LogP) is 5.49. The van der Waals surface area contributed by atoms with E-state index in [4.69, 9.17) is 21.1 Å². The van der Waals surface area contributed by atoms with Crippen molar-refractivity contribution in [2.24, 2.45) is 0 Å². The van der Waals surface area contributed by atoms with Gasteiger partial charge in [-0.1, -0.05) is 47.5 Å². The van der Waals surface area contributed by atoms with E-state index in [0.717, 1.165) is 11.1 Å². The van der Waals surface area contributed by atoms with Crippen molar-refractivity contribution in [2.45, 2.75) is 53.3 Å². The van der Waals surface area contributed by atoms with Crippen LogP contribution in [-0.4, -0.2) is 28.9 Å². The Labute approximate surface area is 194 Å². The highest BCUT2D eigenvalue weighted by Crippen LogP contribution is 2.31. The van der Waals surface area contributed by atoms with Crippen LogP contribution in [-0.2, 0) is 6.54 Å². The van der Waals surface area contributed by atoms with E-state index in [0.29, 0.717) is 34.5 Å². The molecule has 1 unspecified atom stereocenters. The van der Waals surface area contributed by atoms with Gasteiger partial charge in [-0.3, -0.25) is 4.79 Å². The molecule has 1 N–H and O–H groups in total. The first kappa shape index (κ1) is 23.7. The van der Waals surface area contributed by atoms with Gasteiger partial charge in [0.15, 0.2) is 11.5 Å². The van der Waals surface area contributed by atoms with Crippen LogP contribution >= 0.6 is 11.6 Å². The molecule has 3 aromatic rings. The lowest BCUT2D eigenvalue weighted by molar-refractivity contribution is 0.0939. The number of ether oxygens (including phenoxy) is 2. The zero-order valence-corrected chi connectivity index (χ0v) is 20.2. The van der Waals surface area contributed by atoms with Gasteiger partial charge in [0.2, 0.25) is 0 Å². The highest BCUT2D eigenvalue weighted by atomic mass is 35.5. The van der Waals surface area contributed by atoms with Crippen molar-refractivity contribution in [3.63, 3.8) is 0 Å². The quantitative estimate of drug-likeness (QED) is 0.487. The summed E-state index contributed by atoms with van der Waals surface area (Å²) in [5, 5.41) is 7.83. The van der Waals surface area contributed by atoms with Gasteiger partial charge in [-0.2, -0.15) is 5.10 Å². The fourth-order valence-corrected chi connectivity index (χ4v) is 3.76. The SMILES string of the molecule is COc1cc(C(C)NC(=O)c2c(C)nn(Cc3ccc(C)cc3)c2Cl)ccc1OC(C)C. The number of rotatable bonds is 8. The number of hydrogen-bond donors (Lipinski definition) is 1. The van der Waals surface area contributed by atoms with Crippen LogP contribution in [0.2, 0.25) is 5.15 Å². The summed E-state index contributed by atoms with van der Waals surface area (Å²) in [4.78, 5) is 13.0.